The third-order valence-electron chi connectivity index (χ3n) is 6.13. The Kier molecular flexibility index (Phi) is 7.68. The molecule has 0 saturated carbocycles. The Bertz CT molecular complexity index is 1050. The van der Waals surface area contributed by atoms with Crippen LogP contribution in [-0.2, 0) is 25.7 Å². The quantitative estimate of drug-likeness (QED) is 0.418. The molecular formula is C28H32O6. The van der Waals surface area contributed by atoms with Crippen molar-refractivity contribution in [1.29, 1.82) is 0 Å². The Labute approximate surface area is 201 Å². The van der Waals surface area contributed by atoms with E-state index < -0.39 is 0 Å². The van der Waals surface area contributed by atoms with Crippen LogP contribution in [0.2, 0.25) is 0 Å². The summed E-state index contributed by atoms with van der Waals surface area (Å²) in [6.45, 7) is 1.19. The molecule has 0 amide bonds. The van der Waals surface area contributed by atoms with Crippen molar-refractivity contribution in [3.63, 3.8) is 0 Å². The van der Waals surface area contributed by atoms with E-state index >= 15 is 0 Å². The lowest BCUT2D eigenvalue weighted by molar-refractivity contribution is 0.171. The van der Waals surface area contributed by atoms with Crippen molar-refractivity contribution in [1.82, 2.24) is 0 Å². The first kappa shape index (κ1) is 23.6. The lowest BCUT2D eigenvalue weighted by atomic mass is 9.94. The van der Waals surface area contributed by atoms with Crippen LogP contribution in [0.5, 0.6) is 34.5 Å². The van der Waals surface area contributed by atoms with Gasteiger partial charge >= 0.3 is 0 Å². The zero-order valence-electron chi connectivity index (χ0n) is 20.3. The van der Waals surface area contributed by atoms with Crippen LogP contribution in [-0.4, -0.2) is 41.7 Å². The van der Waals surface area contributed by atoms with Gasteiger partial charge in [0.1, 0.15) is 13.2 Å². The van der Waals surface area contributed by atoms with Gasteiger partial charge in [0.05, 0.1) is 28.4 Å². The van der Waals surface area contributed by atoms with Gasteiger partial charge in [-0.15, -0.1) is 0 Å². The number of rotatable bonds is 10. The van der Waals surface area contributed by atoms with E-state index in [0.717, 1.165) is 60.2 Å². The minimum atomic E-state index is 0.590. The Balaban J connectivity index is 1.54. The van der Waals surface area contributed by atoms with E-state index in [-0.39, 0.29) is 0 Å². The predicted molar refractivity (Wildman–Crippen MR) is 131 cm³/mol. The molecule has 1 aliphatic heterocycles. The van der Waals surface area contributed by atoms with Gasteiger partial charge in [0.2, 0.25) is 0 Å². The summed E-state index contributed by atoms with van der Waals surface area (Å²) in [6.07, 6.45) is 3.50. The molecule has 0 N–H and O–H groups in total. The maximum absolute atomic E-state index is 5.75. The highest BCUT2D eigenvalue weighted by Crippen LogP contribution is 2.34. The van der Waals surface area contributed by atoms with Crippen LogP contribution < -0.4 is 28.4 Å². The highest BCUT2D eigenvalue weighted by molar-refractivity contribution is 5.49. The number of aryl methyl sites for hydroxylation is 4. The average molecular weight is 465 g/mol. The molecule has 0 spiro atoms. The van der Waals surface area contributed by atoms with Crippen molar-refractivity contribution in [3.8, 4) is 34.5 Å². The molecule has 3 aromatic carbocycles. The van der Waals surface area contributed by atoms with Crippen molar-refractivity contribution in [2.45, 2.75) is 25.7 Å². The molecule has 4 rings (SSSR count). The average Bonchev–Trinajstić information content (AvgIpc) is 2.90. The number of benzene rings is 3. The first-order chi connectivity index (χ1) is 16.6. The summed E-state index contributed by atoms with van der Waals surface area (Å²) in [7, 11) is 6.65. The smallest absolute Gasteiger partial charge is 0.161 e. The Morgan fingerprint density at radius 3 is 1.62 bits per heavy atom. The fraction of sp³-hybridized carbons (Fsp3) is 0.357. The standard InChI is InChI=1S/C28H32O6/c1-29-23-11-7-19(15-25(23)30-2)5-9-21-17-26(31-3)27(32-4)18-22(21)10-6-20-8-12-24-28(16-20)34-14-13-33-24/h7-8,11-12,15-18H,5-6,9-10,13-14H2,1-4H3. The lowest BCUT2D eigenvalue weighted by Crippen LogP contribution is -2.15. The maximum atomic E-state index is 5.75. The third kappa shape index (κ3) is 5.33. The van der Waals surface area contributed by atoms with Gasteiger partial charge in [0.25, 0.3) is 0 Å². The molecule has 0 atom stereocenters. The lowest BCUT2D eigenvalue weighted by Gasteiger charge is -2.19. The van der Waals surface area contributed by atoms with Crippen LogP contribution in [0.4, 0.5) is 0 Å². The van der Waals surface area contributed by atoms with E-state index in [2.05, 4.69) is 30.3 Å². The molecule has 0 aliphatic carbocycles. The molecule has 0 unspecified atom stereocenters. The first-order valence-electron chi connectivity index (χ1n) is 11.5. The predicted octanol–water partition coefficient (Wildman–Crippen LogP) is 5.06. The van der Waals surface area contributed by atoms with Crippen LogP contribution >= 0.6 is 0 Å². The first-order valence-corrected chi connectivity index (χ1v) is 11.5. The molecule has 6 heteroatoms. The highest BCUT2D eigenvalue weighted by Gasteiger charge is 2.15. The van der Waals surface area contributed by atoms with Gasteiger partial charge in [-0.1, -0.05) is 12.1 Å². The fourth-order valence-corrected chi connectivity index (χ4v) is 4.27. The van der Waals surface area contributed by atoms with Crippen LogP contribution in [0, 0.1) is 0 Å². The molecule has 180 valence electrons. The Morgan fingerprint density at radius 1 is 0.529 bits per heavy atom. The summed E-state index contributed by atoms with van der Waals surface area (Å²) >= 11 is 0. The van der Waals surface area contributed by atoms with E-state index in [0.29, 0.717) is 13.2 Å². The van der Waals surface area contributed by atoms with Crippen LogP contribution in [0.15, 0.2) is 48.5 Å². The second kappa shape index (κ2) is 11.1. The Hall–Kier alpha value is -3.54. The molecule has 3 aromatic rings. The maximum Gasteiger partial charge on any atom is 0.161 e. The molecule has 0 fully saturated rings. The zero-order valence-corrected chi connectivity index (χ0v) is 20.3. The van der Waals surface area contributed by atoms with Crippen LogP contribution in [0.25, 0.3) is 0 Å². The summed E-state index contributed by atoms with van der Waals surface area (Å²) in [5, 5.41) is 0. The van der Waals surface area contributed by atoms with Crippen molar-refractivity contribution >= 4 is 0 Å². The van der Waals surface area contributed by atoms with Crippen LogP contribution in [0.1, 0.15) is 22.3 Å². The second-order valence-electron chi connectivity index (χ2n) is 8.14. The van der Waals surface area contributed by atoms with Crippen molar-refractivity contribution in [3.05, 3.63) is 70.8 Å². The van der Waals surface area contributed by atoms with Crippen LogP contribution in [0.3, 0.4) is 0 Å². The topological polar surface area (TPSA) is 55.4 Å². The van der Waals surface area contributed by atoms with Gasteiger partial charge < -0.3 is 28.4 Å². The van der Waals surface area contributed by atoms with Crippen molar-refractivity contribution in [2.24, 2.45) is 0 Å². The minimum absolute atomic E-state index is 0.590. The van der Waals surface area contributed by atoms with E-state index in [1.54, 1.807) is 28.4 Å². The molecule has 0 saturated heterocycles. The van der Waals surface area contributed by atoms with Gasteiger partial charge in [0.15, 0.2) is 34.5 Å². The number of fused-ring (bicyclic) bond motifs is 1. The fourth-order valence-electron chi connectivity index (χ4n) is 4.27. The van der Waals surface area contributed by atoms with Gasteiger partial charge in [-0.3, -0.25) is 0 Å². The normalized spacial score (nSPS) is 12.2. The van der Waals surface area contributed by atoms with Gasteiger partial charge in [-0.25, -0.2) is 0 Å². The minimum Gasteiger partial charge on any atom is -0.493 e. The molecule has 1 heterocycles. The van der Waals surface area contributed by atoms with E-state index in [1.165, 1.54) is 22.3 Å². The summed E-state index contributed by atoms with van der Waals surface area (Å²) in [5.74, 6) is 4.60. The molecule has 1 aliphatic rings. The number of methoxy groups -OCH3 is 4. The Morgan fingerprint density at radius 2 is 1.03 bits per heavy atom. The van der Waals surface area contributed by atoms with E-state index in [4.69, 9.17) is 28.4 Å². The largest absolute Gasteiger partial charge is 0.493 e. The van der Waals surface area contributed by atoms with E-state index in [9.17, 15) is 0 Å². The molecule has 0 aromatic heterocycles. The molecule has 34 heavy (non-hydrogen) atoms. The molecule has 0 radical (unpaired) electrons. The highest BCUT2D eigenvalue weighted by atomic mass is 16.6. The van der Waals surface area contributed by atoms with Gasteiger partial charge in [-0.05, 0) is 84.3 Å². The summed E-state index contributed by atoms with van der Waals surface area (Å²) in [6, 6.07) is 16.4. The van der Waals surface area contributed by atoms with Gasteiger partial charge in [0, 0.05) is 0 Å². The van der Waals surface area contributed by atoms with Crippen molar-refractivity contribution < 1.29 is 28.4 Å². The molecule has 0 bridgehead atoms. The summed E-state index contributed by atoms with van der Waals surface area (Å²) in [5.41, 5.74) is 4.88. The SMILES string of the molecule is COc1ccc(CCc2cc(OC)c(OC)cc2CCc2ccc3c(c2)OCCO3)cc1OC. The monoisotopic (exact) mass is 464 g/mol. The number of hydrogen-bond donors (Lipinski definition) is 0. The number of hydrogen-bond acceptors (Lipinski definition) is 6. The zero-order chi connectivity index (χ0) is 23.9. The van der Waals surface area contributed by atoms with E-state index in [1.807, 2.05) is 18.2 Å². The summed E-state index contributed by atoms with van der Waals surface area (Å²) in [4.78, 5) is 0. The summed E-state index contributed by atoms with van der Waals surface area (Å²) < 4.78 is 33.4. The molecule has 6 nitrogen and oxygen atoms in total. The second-order valence-corrected chi connectivity index (χ2v) is 8.14. The number of ether oxygens (including phenoxy) is 6. The third-order valence-corrected chi connectivity index (χ3v) is 6.13. The van der Waals surface area contributed by atoms with Gasteiger partial charge in [-0.2, -0.15) is 0 Å². The molecular weight excluding hydrogens is 432 g/mol. The van der Waals surface area contributed by atoms with Crippen molar-refractivity contribution in [2.75, 3.05) is 41.7 Å².